The van der Waals surface area contributed by atoms with Gasteiger partial charge in [0.2, 0.25) is 0 Å². The Hall–Kier alpha value is -2.80. The monoisotopic (exact) mass is 389 g/mol. The van der Waals surface area contributed by atoms with Crippen molar-refractivity contribution in [2.75, 3.05) is 7.11 Å². The second-order valence-corrected chi connectivity index (χ2v) is 6.55. The Morgan fingerprint density at radius 2 is 1.79 bits per heavy atom. The van der Waals surface area contributed by atoms with Crippen LogP contribution in [0.15, 0.2) is 54.7 Å². The highest BCUT2D eigenvalue weighted by molar-refractivity contribution is 5.39. The third-order valence-electron chi connectivity index (χ3n) is 4.75. The normalized spacial score (nSPS) is 12.8. The van der Waals surface area contributed by atoms with Crippen molar-refractivity contribution in [3.8, 4) is 11.4 Å². The number of benzene rings is 2. The fourth-order valence-corrected chi connectivity index (χ4v) is 3.16. The van der Waals surface area contributed by atoms with Gasteiger partial charge in [-0.05, 0) is 49.7 Å². The molecule has 1 aromatic heterocycles. The van der Waals surface area contributed by atoms with Gasteiger partial charge in [0.15, 0.2) is 0 Å². The van der Waals surface area contributed by atoms with Crippen molar-refractivity contribution in [1.29, 1.82) is 0 Å². The molecule has 148 valence electrons. The largest absolute Gasteiger partial charge is 0.497 e. The summed E-state index contributed by atoms with van der Waals surface area (Å²) in [6.45, 7) is 3.97. The molecule has 2 aromatic carbocycles. The average molecular weight is 389 g/mol. The Balaban J connectivity index is 1.76. The molecule has 0 unspecified atom stereocenters. The zero-order valence-electron chi connectivity index (χ0n) is 15.9. The maximum atomic E-state index is 13.2. The SMILES string of the molecule is COc1ccc(-n2ncc([C@@H](C)NCc3ccccc3C(F)(F)F)c2C)cc1. The fourth-order valence-electron chi connectivity index (χ4n) is 3.16. The lowest BCUT2D eigenvalue weighted by atomic mass is 10.1. The van der Waals surface area contributed by atoms with E-state index in [2.05, 4.69) is 10.4 Å². The zero-order valence-corrected chi connectivity index (χ0v) is 15.9. The molecule has 0 bridgehead atoms. The Bertz CT molecular complexity index is 933. The van der Waals surface area contributed by atoms with Crippen LogP contribution in [0.1, 0.15) is 35.3 Å². The van der Waals surface area contributed by atoms with Crippen molar-refractivity contribution in [2.45, 2.75) is 32.6 Å². The standard InChI is InChI=1S/C21H22F3N3O/c1-14(25-12-16-6-4-5-7-20(16)21(22,23)24)19-13-26-27(15(19)2)17-8-10-18(28-3)11-9-17/h4-11,13-14,25H,12H2,1-3H3/t14-/m1/s1. The molecule has 0 fully saturated rings. The number of aromatic nitrogens is 2. The number of ether oxygens (including phenoxy) is 1. The third kappa shape index (κ3) is 4.20. The molecule has 3 rings (SSSR count). The summed E-state index contributed by atoms with van der Waals surface area (Å²) < 4.78 is 46.4. The topological polar surface area (TPSA) is 39.1 Å². The van der Waals surface area contributed by atoms with Crippen LogP contribution in [0.3, 0.4) is 0 Å². The quantitative estimate of drug-likeness (QED) is 0.641. The highest BCUT2D eigenvalue weighted by Crippen LogP contribution is 2.32. The lowest BCUT2D eigenvalue weighted by molar-refractivity contribution is -0.138. The summed E-state index contributed by atoms with van der Waals surface area (Å²) in [4.78, 5) is 0. The molecule has 1 atom stereocenters. The lowest BCUT2D eigenvalue weighted by Crippen LogP contribution is -2.21. The van der Waals surface area contributed by atoms with Crippen molar-refractivity contribution in [3.05, 3.63) is 77.1 Å². The fraction of sp³-hybridized carbons (Fsp3) is 0.286. The van der Waals surface area contributed by atoms with E-state index in [1.165, 1.54) is 12.1 Å². The van der Waals surface area contributed by atoms with Gasteiger partial charge in [0.05, 0.1) is 24.6 Å². The van der Waals surface area contributed by atoms with Crippen LogP contribution in [0.2, 0.25) is 0 Å². The van der Waals surface area contributed by atoms with E-state index in [1.54, 1.807) is 24.1 Å². The van der Waals surface area contributed by atoms with Gasteiger partial charge in [-0.15, -0.1) is 0 Å². The first-order valence-electron chi connectivity index (χ1n) is 8.88. The minimum Gasteiger partial charge on any atom is -0.497 e. The maximum Gasteiger partial charge on any atom is 0.416 e. The second-order valence-electron chi connectivity index (χ2n) is 6.55. The van der Waals surface area contributed by atoms with E-state index in [9.17, 15) is 13.2 Å². The molecule has 0 aliphatic carbocycles. The predicted octanol–water partition coefficient (Wildman–Crippen LogP) is 5.06. The van der Waals surface area contributed by atoms with Crippen molar-refractivity contribution >= 4 is 0 Å². The van der Waals surface area contributed by atoms with E-state index in [4.69, 9.17) is 4.74 Å². The van der Waals surface area contributed by atoms with E-state index >= 15 is 0 Å². The predicted molar refractivity (Wildman–Crippen MR) is 102 cm³/mol. The highest BCUT2D eigenvalue weighted by atomic mass is 19.4. The maximum absolute atomic E-state index is 13.2. The van der Waals surface area contributed by atoms with E-state index in [0.717, 1.165) is 28.8 Å². The Morgan fingerprint density at radius 3 is 2.43 bits per heavy atom. The Kier molecular flexibility index (Phi) is 5.74. The molecular weight excluding hydrogens is 367 g/mol. The van der Waals surface area contributed by atoms with Crippen molar-refractivity contribution in [2.24, 2.45) is 0 Å². The van der Waals surface area contributed by atoms with Gasteiger partial charge in [-0.2, -0.15) is 18.3 Å². The average Bonchev–Trinajstić information content (AvgIpc) is 3.07. The van der Waals surface area contributed by atoms with E-state index in [0.29, 0.717) is 0 Å². The molecule has 0 radical (unpaired) electrons. The molecule has 0 amide bonds. The van der Waals surface area contributed by atoms with Gasteiger partial charge in [-0.1, -0.05) is 18.2 Å². The molecule has 3 aromatic rings. The van der Waals surface area contributed by atoms with Crippen LogP contribution in [0.5, 0.6) is 5.75 Å². The van der Waals surface area contributed by atoms with Gasteiger partial charge in [-0.3, -0.25) is 0 Å². The van der Waals surface area contributed by atoms with Crippen molar-refractivity contribution < 1.29 is 17.9 Å². The van der Waals surface area contributed by atoms with Crippen LogP contribution in [0, 0.1) is 6.92 Å². The van der Waals surface area contributed by atoms with Crippen LogP contribution in [0.4, 0.5) is 13.2 Å². The molecule has 28 heavy (non-hydrogen) atoms. The zero-order chi connectivity index (χ0) is 20.3. The number of methoxy groups -OCH3 is 1. The van der Waals surface area contributed by atoms with E-state index in [1.807, 2.05) is 38.1 Å². The van der Waals surface area contributed by atoms with Crippen LogP contribution in [-0.2, 0) is 12.7 Å². The molecule has 0 saturated carbocycles. The summed E-state index contributed by atoms with van der Waals surface area (Å²) in [5.74, 6) is 0.757. The Labute approximate surface area is 162 Å². The molecule has 0 spiro atoms. The van der Waals surface area contributed by atoms with Gasteiger partial charge in [0, 0.05) is 23.8 Å². The van der Waals surface area contributed by atoms with Crippen molar-refractivity contribution in [1.82, 2.24) is 15.1 Å². The Morgan fingerprint density at radius 1 is 1.11 bits per heavy atom. The van der Waals surface area contributed by atoms with Gasteiger partial charge >= 0.3 is 6.18 Å². The first-order chi connectivity index (χ1) is 13.3. The van der Waals surface area contributed by atoms with E-state index < -0.39 is 11.7 Å². The van der Waals surface area contributed by atoms with E-state index in [-0.39, 0.29) is 18.2 Å². The lowest BCUT2D eigenvalue weighted by Gasteiger charge is -2.17. The minimum absolute atomic E-state index is 0.115. The number of hydrogen-bond donors (Lipinski definition) is 1. The third-order valence-corrected chi connectivity index (χ3v) is 4.75. The van der Waals surface area contributed by atoms with Crippen LogP contribution in [-0.4, -0.2) is 16.9 Å². The van der Waals surface area contributed by atoms with Crippen molar-refractivity contribution in [3.63, 3.8) is 0 Å². The first kappa shape index (κ1) is 19.9. The van der Waals surface area contributed by atoms with Gasteiger partial charge in [-0.25, -0.2) is 4.68 Å². The number of hydrogen-bond acceptors (Lipinski definition) is 3. The molecular formula is C21H22F3N3O. The smallest absolute Gasteiger partial charge is 0.416 e. The summed E-state index contributed by atoms with van der Waals surface area (Å²) in [5, 5.41) is 7.61. The molecule has 0 aliphatic rings. The highest BCUT2D eigenvalue weighted by Gasteiger charge is 2.32. The van der Waals surface area contributed by atoms with Gasteiger partial charge < -0.3 is 10.1 Å². The summed E-state index contributed by atoms with van der Waals surface area (Å²) in [5.41, 5.74) is 2.36. The number of alkyl halides is 3. The minimum atomic E-state index is -4.36. The molecule has 1 N–H and O–H groups in total. The summed E-state index contributed by atoms with van der Waals surface area (Å²) >= 11 is 0. The number of nitrogens with zero attached hydrogens (tertiary/aromatic N) is 2. The number of rotatable bonds is 6. The molecule has 0 saturated heterocycles. The summed E-state index contributed by atoms with van der Waals surface area (Å²) in [7, 11) is 1.61. The summed E-state index contributed by atoms with van der Waals surface area (Å²) in [6, 6.07) is 13.0. The number of halogens is 3. The molecule has 1 heterocycles. The van der Waals surface area contributed by atoms with Gasteiger partial charge in [0.25, 0.3) is 0 Å². The van der Waals surface area contributed by atoms with Crippen LogP contribution in [0.25, 0.3) is 5.69 Å². The molecule has 4 nitrogen and oxygen atoms in total. The second kappa shape index (κ2) is 8.06. The summed E-state index contributed by atoms with van der Waals surface area (Å²) in [6.07, 6.45) is -2.62. The van der Waals surface area contributed by atoms with Gasteiger partial charge in [0.1, 0.15) is 5.75 Å². The molecule has 7 heteroatoms. The first-order valence-corrected chi connectivity index (χ1v) is 8.88. The number of nitrogens with one attached hydrogen (secondary N) is 1. The molecule has 0 aliphatic heterocycles. The van der Waals surface area contributed by atoms with Crippen LogP contribution < -0.4 is 10.1 Å². The van der Waals surface area contributed by atoms with Crippen LogP contribution >= 0.6 is 0 Å².